The SMILES string of the molecule is CC(=O)/C(C(C)=C(C)C)=C(/C)N. The van der Waals surface area contributed by atoms with Crippen LogP contribution in [0, 0.1) is 0 Å². The maximum absolute atomic E-state index is 11.2. The number of hydrogen-bond donors (Lipinski definition) is 1. The zero-order chi connectivity index (χ0) is 9.89. The van der Waals surface area contributed by atoms with Crippen molar-refractivity contribution in [1.29, 1.82) is 0 Å². The third-order valence-corrected chi connectivity index (χ3v) is 1.87. The number of Topliss-reactive ketones (excluding diaryl/α,β-unsaturated/α-hetero) is 1. The van der Waals surface area contributed by atoms with Crippen molar-refractivity contribution >= 4 is 5.78 Å². The van der Waals surface area contributed by atoms with Crippen LogP contribution in [0.1, 0.15) is 34.6 Å². The molecule has 0 rings (SSSR count). The van der Waals surface area contributed by atoms with Gasteiger partial charge < -0.3 is 5.73 Å². The molecule has 0 spiro atoms. The minimum Gasteiger partial charge on any atom is -0.402 e. The Hall–Kier alpha value is -1.05. The van der Waals surface area contributed by atoms with E-state index in [0.29, 0.717) is 11.3 Å². The predicted molar refractivity (Wildman–Crippen MR) is 51.6 cm³/mol. The summed E-state index contributed by atoms with van der Waals surface area (Å²) < 4.78 is 0. The first-order chi connectivity index (χ1) is 5.37. The molecule has 0 aromatic heterocycles. The molecule has 0 amide bonds. The first kappa shape index (κ1) is 11.0. The van der Waals surface area contributed by atoms with Crippen LogP contribution in [-0.4, -0.2) is 5.78 Å². The highest BCUT2D eigenvalue weighted by Gasteiger charge is 2.09. The van der Waals surface area contributed by atoms with Crippen molar-refractivity contribution in [3.63, 3.8) is 0 Å². The molecule has 0 aliphatic carbocycles. The second-order valence-electron chi connectivity index (χ2n) is 3.24. The molecule has 68 valence electrons. The number of rotatable bonds is 2. The van der Waals surface area contributed by atoms with Crippen molar-refractivity contribution < 1.29 is 4.79 Å². The smallest absolute Gasteiger partial charge is 0.161 e. The van der Waals surface area contributed by atoms with E-state index in [2.05, 4.69) is 0 Å². The average Bonchev–Trinajstić information content (AvgIpc) is 1.85. The van der Waals surface area contributed by atoms with E-state index in [9.17, 15) is 4.79 Å². The second-order valence-corrected chi connectivity index (χ2v) is 3.24. The molecule has 0 saturated carbocycles. The third-order valence-electron chi connectivity index (χ3n) is 1.87. The molecule has 0 aromatic rings. The van der Waals surface area contributed by atoms with Gasteiger partial charge in [0.05, 0.1) is 0 Å². The zero-order valence-electron chi connectivity index (χ0n) is 8.49. The maximum Gasteiger partial charge on any atom is 0.161 e. The summed E-state index contributed by atoms with van der Waals surface area (Å²) in [5.74, 6) is 0.0358. The van der Waals surface area contributed by atoms with Crippen LogP contribution in [0.2, 0.25) is 0 Å². The van der Waals surface area contributed by atoms with Crippen LogP contribution in [0.15, 0.2) is 22.4 Å². The fraction of sp³-hybridized carbons (Fsp3) is 0.500. The highest BCUT2D eigenvalue weighted by Crippen LogP contribution is 2.16. The lowest BCUT2D eigenvalue weighted by atomic mass is 9.98. The molecule has 0 heterocycles. The van der Waals surface area contributed by atoms with E-state index >= 15 is 0 Å². The van der Waals surface area contributed by atoms with Crippen LogP contribution >= 0.6 is 0 Å². The molecular formula is C10H17NO. The fourth-order valence-electron chi connectivity index (χ4n) is 1.09. The highest BCUT2D eigenvalue weighted by atomic mass is 16.1. The minimum absolute atomic E-state index is 0.0358. The first-order valence-corrected chi connectivity index (χ1v) is 3.99. The Kier molecular flexibility index (Phi) is 3.74. The van der Waals surface area contributed by atoms with Gasteiger partial charge in [0.25, 0.3) is 0 Å². The van der Waals surface area contributed by atoms with Crippen LogP contribution in [0.25, 0.3) is 0 Å². The van der Waals surface area contributed by atoms with Crippen molar-refractivity contribution in [1.82, 2.24) is 0 Å². The Balaban J connectivity index is 5.21. The van der Waals surface area contributed by atoms with Gasteiger partial charge in [-0.3, -0.25) is 4.79 Å². The summed E-state index contributed by atoms with van der Waals surface area (Å²) in [4.78, 5) is 11.2. The molecule has 12 heavy (non-hydrogen) atoms. The Morgan fingerprint density at radius 1 is 1.00 bits per heavy atom. The average molecular weight is 167 g/mol. The Morgan fingerprint density at radius 2 is 1.42 bits per heavy atom. The van der Waals surface area contributed by atoms with Gasteiger partial charge >= 0.3 is 0 Å². The lowest BCUT2D eigenvalue weighted by Gasteiger charge is -2.08. The molecule has 2 heteroatoms. The van der Waals surface area contributed by atoms with Gasteiger partial charge in [0, 0.05) is 11.3 Å². The van der Waals surface area contributed by atoms with E-state index in [-0.39, 0.29) is 5.78 Å². The van der Waals surface area contributed by atoms with Crippen molar-refractivity contribution in [2.75, 3.05) is 0 Å². The van der Waals surface area contributed by atoms with Crippen molar-refractivity contribution in [2.45, 2.75) is 34.6 Å². The van der Waals surface area contributed by atoms with Gasteiger partial charge in [-0.2, -0.15) is 0 Å². The summed E-state index contributed by atoms with van der Waals surface area (Å²) in [6.45, 7) is 9.16. The quantitative estimate of drug-likeness (QED) is 0.506. The number of carbonyl (C=O) groups is 1. The van der Waals surface area contributed by atoms with Crippen LogP contribution in [0.4, 0.5) is 0 Å². The molecule has 2 nitrogen and oxygen atoms in total. The Bertz CT molecular complexity index is 251. The third kappa shape index (κ3) is 2.53. The topological polar surface area (TPSA) is 43.1 Å². The number of hydrogen-bond acceptors (Lipinski definition) is 2. The van der Waals surface area contributed by atoms with Crippen LogP contribution < -0.4 is 5.73 Å². The van der Waals surface area contributed by atoms with Gasteiger partial charge in [-0.1, -0.05) is 5.57 Å². The molecule has 0 atom stereocenters. The molecule has 0 aliphatic rings. The van der Waals surface area contributed by atoms with E-state index in [1.165, 1.54) is 6.92 Å². The van der Waals surface area contributed by atoms with E-state index in [1.807, 2.05) is 20.8 Å². The lowest BCUT2D eigenvalue weighted by Crippen LogP contribution is -2.07. The predicted octanol–water partition coefficient (Wildman–Crippen LogP) is 2.16. The number of nitrogens with two attached hydrogens (primary N) is 1. The van der Waals surface area contributed by atoms with Crippen molar-refractivity contribution in [2.24, 2.45) is 5.73 Å². The van der Waals surface area contributed by atoms with E-state index in [0.717, 1.165) is 11.1 Å². The summed E-state index contributed by atoms with van der Waals surface area (Å²) in [7, 11) is 0. The first-order valence-electron chi connectivity index (χ1n) is 3.99. The van der Waals surface area contributed by atoms with Crippen molar-refractivity contribution in [3.05, 3.63) is 22.4 Å². The minimum atomic E-state index is 0.0358. The monoisotopic (exact) mass is 167 g/mol. The standard InChI is InChI=1S/C10H17NO/c1-6(2)7(3)10(8(4)11)9(5)12/h11H2,1-5H3/b10-8-. The largest absolute Gasteiger partial charge is 0.402 e. The molecule has 0 fully saturated rings. The number of ketones is 1. The maximum atomic E-state index is 11.2. The highest BCUT2D eigenvalue weighted by molar-refractivity contribution is 5.98. The molecular weight excluding hydrogens is 150 g/mol. The normalized spacial score (nSPS) is 12.1. The van der Waals surface area contributed by atoms with E-state index < -0.39 is 0 Å². The molecule has 0 bridgehead atoms. The summed E-state index contributed by atoms with van der Waals surface area (Å²) in [5.41, 5.74) is 8.98. The van der Waals surface area contributed by atoms with Crippen LogP contribution in [0.5, 0.6) is 0 Å². The summed E-state index contributed by atoms with van der Waals surface area (Å²) in [6, 6.07) is 0. The molecule has 0 unspecified atom stereocenters. The molecule has 0 radical (unpaired) electrons. The molecule has 0 aromatic carbocycles. The van der Waals surface area contributed by atoms with Crippen LogP contribution in [-0.2, 0) is 4.79 Å². The summed E-state index contributed by atoms with van der Waals surface area (Å²) >= 11 is 0. The lowest BCUT2D eigenvalue weighted by molar-refractivity contribution is -0.113. The summed E-state index contributed by atoms with van der Waals surface area (Å²) in [5, 5.41) is 0. The van der Waals surface area contributed by atoms with Gasteiger partial charge in [0.1, 0.15) is 0 Å². The molecule has 2 N–H and O–H groups in total. The Labute approximate surface area is 74.1 Å². The fourth-order valence-corrected chi connectivity index (χ4v) is 1.09. The van der Waals surface area contributed by atoms with Crippen LogP contribution in [0.3, 0.4) is 0 Å². The second kappa shape index (κ2) is 4.10. The molecule has 0 saturated heterocycles. The van der Waals surface area contributed by atoms with E-state index in [1.54, 1.807) is 6.92 Å². The van der Waals surface area contributed by atoms with Gasteiger partial charge in [-0.05, 0) is 40.2 Å². The van der Waals surface area contributed by atoms with Gasteiger partial charge in [-0.25, -0.2) is 0 Å². The number of carbonyl (C=O) groups excluding carboxylic acids is 1. The Morgan fingerprint density at radius 3 is 1.50 bits per heavy atom. The van der Waals surface area contributed by atoms with Gasteiger partial charge in [-0.15, -0.1) is 0 Å². The van der Waals surface area contributed by atoms with E-state index in [4.69, 9.17) is 5.73 Å². The summed E-state index contributed by atoms with van der Waals surface area (Å²) in [6.07, 6.45) is 0. The zero-order valence-corrected chi connectivity index (χ0v) is 8.49. The van der Waals surface area contributed by atoms with Gasteiger partial charge in [0.2, 0.25) is 0 Å². The van der Waals surface area contributed by atoms with Crippen molar-refractivity contribution in [3.8, 4) is 0 Å². The van der Waals surface area contributed by atoms with Gasteiger partial charge in [0.15, 0.2) is 5.78 Å². The molecule has 0 aliphatic heterocycles. The number of allylic oxidation sites excluding steroid dienone is 4.